The van der Waals surface area contributed by atoms with Crippen LogP contribution in [0.1, 0.15) is 37.8 Å². The van der Waals surface area contributed by atoms with E-state index in [-0.39, 0.29) is 12.6 Å². The van der Waals surface area contributed by atoms with Gasteiger partial charge in [-0.15, -0.1) is 0 Å². The van der Waals surface area contributed by atoms with E-state index in [4.69, 9.17) is 20.3 Å². The summed E-state index contributed by atoms with van der Waals surface area (Å²) in [4.78, 5) is 2.04. The zero-order valence-electron chi connectivity index (χ0n) is 14.0. The van der Waals surface area contributed by atoms with Gasteiger partial charge in [-0.1, -0.05) is 25.8 Å². The van der Waals surface area contributed by atoms with Gasteiger partial charge in [0.05, 0.1) is 26.4 Å². The lowest BCUT2D eigenvalue weighted by Crippen LogP contribution is -2.33. The molecule has 0 aromatic heterocycles. The highest BCUT2D eigenvalue weighted by molar-refractivity contribution is 5.42. The number of ether oxygens (including phenoxy) is 2. The van der Waals surface area contributed by atoms with Crippen LogP contribution in [0.15, 0.2) is 18.2 Å². The highest BCUT2D eigenvalue weighted by Gasteiger charge is 2.20. The Kier molecular flexibility index (Phi) is 8.89. The summed E-state index contributed by atoms with van der Waals surface area (Å²) in [6.45, 7) is 4.01. The smallest absolute Gasteiger partial charge is 0.127 e. The van der Waals surface area contributed by atoms with Crippen molar-refractivity contribution in [2.45, 2.75) is 32.2 Å². The van der Waals surface area contributed by atoms with Crippen molar-refractivity contribution in [3.8, 4) is 11.5 Å². The molecule has 5 nitrogen and oxygen atoms in total. The quantitative estimate of drug-likeness (QED) is 0.613. The van der Waals surface area contributed by atoms with E-state index in [1.165, 1.54) is 6.42 Å². The first-order valence-electron chi connectivity index (χ1n) is 7.99. The lowest BCUT2D eigenvalue weighted by Gasteiger charge is -2.28. The summed E-state index contributed by atoms with van der Waals surface area (Å²) in [5.74, 6) is 1.59. The fourth-order valence-corrected chi connectivity index (χ4v) is 2.43. The van der Waals surface area contributed by atoms with Crippen molar-refractivity contribution in [3.05, 3.63) is 23.8 Å². The van der Waals surface area contributed by atoms with Gasteiger partial charge < -0.3 is 20.3 Å². The van der Waals surface area contributed by atoms with Gasteiger partial charge in [0, 0.05) is 24.7 Å². The molecule has 0 saturated heterocycles. The van der Waals surface area contributed by atoms with Crippen LogP contribution in [-0.4, -0.2) is 50.5 Å². The van der Waals surface area contributed by atoms with Crippen LogP contribution in [0.5, 0.6) is 11.5 Å². The number of nitrogens with zero attached hydrogens (tertiary/aromatic N) is 1. The molecule has 1 atom stereocenters. The molecule has 0 fully saturated rings. The molecule has 1 aromatic carbocycles. The van der Waals surface area contributed by atoms with Crippen molar-refractivity contribution in [2.75, 3.05) is 40.5 Å². The second-order valence-electron chi connectivity index (χ2n) is 5.42. The number of rotatable bonds is 11. The molecule has 0 saturated carbocycles. The van der Waals surface area contributed by atoms with Crippen LogP contribution in [0.2, 0.25) is 0 Å². The highest BCUT2D eigenvalue weighted by Crippen LogP contribution is 2.32. The Balaban J connectivity index is 2.94. The molecule has 0 bridgehead atoms. The van der Waals surface area contributed by atoms with Crippen molar-refractivity contribution in [3.63, 3.8) is 0 Å². The second kappa shape index (κ2) is 10.4. The van der Waals surface area contributed by atoms with Crippen LogP contribution < -0.4 is 15.2 Å². The van der Waals surface area contributed by atoms with Crippen molar-refractivity contribution < 1.29 is 14.6 Å². The number of benzene rings is 1. The Morgan fingerprint density at radius 1 is 1.32 bits per heavy atom. The Hall–Kier alpha value is -1.30. The van der Waals surface area contributed by atoms with E-state index < -0.39 is 0 Å². The molecular formula is C17H30N2O3. The van der Waals surface area contributed by atoms with Gasteiger partial charge in [-0.05, 0) is 19.5 Å². The summed E-state index contributed by atoms with van der Waals surface area (Å²) in [7, 11) is 3.60. The third-order valence-electron chi connectivity index (χ3n) is 3.79. The highest BCUT2D eigenvalue weighted by atomic mass is 16.5. The van der Waals surface area contributed by atoms with Gasteiger partial charge >= 0.3 is 0 Å². The number of hydrogen-bond donors (Lipinski definition) is 2. The predicted octanol–water partition coefficient (Wildman–Crippen LogP) is 2.19. The molecule has 1 rings (SSSR count). The van der Waals surface area contributed by atoms with E-state index in [1.54, 1.807) is 7.11 Å². The summed E-state index contributed by atoms with van der Waals surface area (Å²) in [6.07, 6.45) is 3.36. The van der Waals surface area contributed by atoms with Crippen LogP contribution in [-0.2, 0) is 0 Å². The third kappa shape index (κ3) is 5.48. The van der Waals surface area contributed by atoms with Gasteiger partial charge in [0.2, 0.25) is 0 Å². The average molecular weight is 310 g/mol. The topological polar surface area (TPSA) is 68.0 Å². The van der Waals surface area contributed by atoms with Crippen LogP contribution >= 0.6 is 0 Å². The fraction of sp³-hybridized carbons (Fsp3) is 0.647. The van der Waals surface area contributed by atoms with Crippen molar-refractivity contribution in [1.29, 1.82) is 0 Å². The van der Waals surface area contributed by atoms with Crippen LogP contribution in [0.3, 0.4) is 0 Å². The lowest BCUT2D eigenvalue weighted by molar-refractivity contribution is 0.179. The van der Waals surface area contributed by atoms with E-state index in [9.17, 15) is 0 Å². The Morgan fingerprint density at radius 3 is 2.68 bits per heavy atom. The van der Waals surface area contributed by atoms with E-state index in [2.05, 4.69) is 6.92 Å². The number of aliphatic hydroxyl groups is 1. The van der Waals surface area contributed by atoms with Gasteiger partial charge in [0.25, 0.3) is 0 Å². The molecule has 3 N–H and O–H groups in total. The van der Waals surface area contributed by atoms with E-state index >= 15 is 0 Å². The zero-order valence-corrected chi connectivity index (χ0v) is 14.0. The van der Waals surface area contributed by atoms with Crippen molar-refractivity contribution >= 4 is 0 Å². The Bertz CT molecular complexity index is 426. The monoisotopic (exact) mass is 310 g/mol. The Morgan fingerprint density at radius 2 is 2.09 bits per heavy atom. The molecule has 5 heteroatoms. The number of hydrogen-bond acceptors (Lipinski definition) is 5. The van der Waals surface area contributed by atoms with Crippen LogP contribution in [0.25, 0.3) is 0 Å². The lowest BCUT2D eigenvalue weighted by atomic mass is 10.0. The minimum Gasteiger partial charge on any atom is -0.497 e. The van der Waals surface area contributed by atoms with E-state index in [0.717, 1.165) is 29.9 Å². The number of nitrogens with two attached hydrogens (primary N) is 1. The minimum absolute atomic E-state index is 0.0132. The number of unbranched alkanes of at least 4 members (excludes halogenated alkanes) is 2. The molecular weight excluding hydrogens is 280 g/mol. The van der Waals surface area contributed by atoms with E-state index in [0.29, 0.717) is 19.7 Å². The molecule has 0 spiro atoms. The van der Waals surface area contributed by atoms with Crippen LogP contribution in [0, 0.1) is 0 Å². The molecule has 1 unspecified atom stereocenters. The summed E-state index contributed by atoms with van der Waals surface area (Å²) >= 11 is 0. The number of methoxy groups -OCH3 is 1. The molecule has 0 radical (unpaired) electrons. The predicted molar refractivity (Wildman–Crippen MR) is 89.5 cm³/mol. The normalized spacial score (nSPS) is 12.5. The summed E-state index contributed by atoms with van der Waals surface area (Å²) < 4.78 is 11.3. The van der Waals surface area contributed by atoms with Gasteiger partial charge in [-0.25, -0.2) is 0 Å². The first-order chi connectivity index (χ1) is 10.7. The molecule has 0 aliphatic heterocycles. The van der Waals surface area contributed by atoms with E-state index in [1.807, 2.05) is 30.1 Å². The summed E-state index contributed by atoms with van der Waals surface area (Å²) in [6, 6.07) is 5.85. The van der Waals surface area contributed by atoms with Crippen molar-refractivity contribution in [1.82, 2.24) is 4.90 Å². The van der Waals surface area contributed by atoms with Gasteiger partial charge in [0.15, 0.2) is 0 Å². The number of aliphatic hydroxyl groups excluding tert-OH is 1. The summed E-state index contributed by atoms with van der Waals surface area (Å²) in [5.41, 5.74) is 6.98. The number of likely N-dealkylation sites (N-methyl/N-ethyl adjacent to an activating group) is 1. The molecule has 0 amide bonds. The molecule has 0 aliphatic rings. The standard InChI is InChI=1S/C17H30N2O3/c1-4-5-6-11-22-17-12-14(21-3)7-8-15(17)16(13-18)19(2)9-10-20/h7-8,12,16,20H,4-6,9-11,13,18H2,1-3H3. The van der Waals surface area contributed by atoms with Gasteiger partial charge in [-0.2, -0.15) is 0 Å². The first-order valence-corrected chi connectivity index (χ1v) is 7.99. The average Bonchev–Trinajstić information content (AvgIpc) is 2.53. The first kappa shape index (κ1) is 18.7. The van der Waals surface area contributed by atoms with Crippen molar-refractivity contribution in [2.24, 2.45) is 5.73 Å². The SMILES string of the molecule is CCCCCOc1cc(OC)ccc1C(CN)N(C)CCO. The second-order valence-corrected chi connectivity index (χ2v) is 5.42. The summed E-state index contributed by atoms with van der Waals surface area (Å²) in [5, 5.41) is 9.15. The maximum atomic E-state index is 9.15. The maximum Gasteiger partial charge on any atom is 0.127 e. The molecule has 0 heterocycles. The zero-order chi connectivity index (χ0) is 16.4. The Labute approximate surface area is 134 Å². The molecule has 1 aromatic rings. The maximum absolute atomic E-state index is 9.15. The van der Waals surface area contributed by atoms with Gasteiger partial charge in [-0.3, -0.25) is 4.90 Å². The minimum atomic E-state index is 0.0132. The molecule has 126 valence electrons. The molecule has 22 heavy (non-hydrogen) atoms. The third-order valence-corrected chi connectivity index (χ3v) is 3.79. The fourth-order valence-electron chi connectivity index (χ4n) is 2.43. The van der Waals surface area contributed by atoms with Gasteiger partial charge in [0.1, 0.15) is 11.5 Å². The largest absolute Gasteiger partial charge is 0.497 e. The molecule has 0 aliphatic carbocycles. The van der Waals surface area contributed by atoms with Crippen LogP contribution in [0.4, 0.5) is 0 Å².